The van der Waals surface area contributed by atoms with Crippen LogP contribution in [0.1, 0.15) is 27.8 Å². The van der Waals surface area contributed by atoms with Gasteiger partial charge >= 0.3 is 0 Å². The number of nitrogens with zero attached hydrogens (tertiary/aromatic N) is 1. The van der Waals surface area contributed by atoms with Crippen molar-refractivity contribution in [2.24, 2.45) is 4.99 Å². The highest BCUT2D eigenvalue weighted by Crippen LogP contribution is 2.47. The van der Waals surface area contributed by atoms with E-state index in [-0.39, 0.29) is 0 Å². The van der Waals surface area contributed by atoms with Crippen LogP contribution in [0.25, 0.3) is 49.0 Å². The summed E-state index contributed by atoms with van der Waals surface area (Å²) in [5, 5.41) is 3.60. The Bertz CT molecular complexity index is 2560. The fourth-order valence-electron chi connectivity index (χ4n) is 7.00. The molecule has 0 amide bonds. The maximum absolute atomic E-state index is 5.45. The summed E-state index contributed by atoms with van der Waals surface area (Å²) in [5.41, 5.74) is 13.1. The van der Waals surface area contributed by atoms with Gasteiger partial charge in [-0.15, -0.1) is 11.3 Å². The molecular weight excluding hydrogens is 599 g/mol. The van der Waals surface area contributed by atoms with Crippen LogP contribution >= 0.6 is 11.3 Å². The van der Waals surface area contributed by atoms with Crippen LogP contribution in [0.4, 0.5) is 0 Å². The Morgan fingerprint density at radius 2 is 1.27 bits per heavy atom. The van der Waals surface area contributed by atoms with Crippen LogP contribution in [0.2, 0.25) is 0 Å². The first-order chi connectivity index (χ1) is 23.8. The predicted molar refractivity (Wildman–Crippen MR) is 205 cm³/mol. The van der Waals surface area contributed by atoms with Crippen molar-refractivity contribution in [2.75, 3.05) is 0 Å². The Kier molecular flexibility index (Phi) is 7.14. The van der Waals surface area contributed by atoms with Gasteiger partial charge in [-0.25, -0.2) is 4.99 Å². The topological polar surface area (TPSA) is 12.4 Å². The van der Waals surface area contributed by atoms with Crippen LogP contribution in [0, 0.1) is 0 Å². The Morgan fingerprint density at radius 3 is 2.19 bits per heavy atom. The third-order valence-electron chi connectivity index (χ3n) is 9.37. The molecule has 1 nitrogen and oxygen atoms in total. The van der Waals surface area contributed by atoms with E-state index in [2.05, 4.69) is 176 Å². The minimum absolute atomic E-state index is 0.898. The number of aliphatic imine (C=N–C) groups is 1. The van der Waals surface area contributed by atoms with E-state index >= 15 is 0 Å². The van der Waals surface area contributed by atoms with Gasteiger partial charge in [0.2, 0.25) is 0 Å². The van der Waals surface area contributed by atoms with E-state index in [1.807, 2.05) is 11.3 Å². The lowest BCUT2D eigenvalue weighted by Gasteiger charge is -2.13. The molecule has 226 valence electrons. The summed E-state index contributed by atoms with van der Waals surface area (Å²) in [5.74, 6) is 0. The molecule has 48 heavy (non-hydrogen) atoms. The normalized spacial score (nSPS) is 17.2. The molecule has 0 bridgehead atoms. The molecule has 0 atom stereocenters. The number of hydrogen-bond acceptors (Lipinski definition) is 2. The second-order valence-corrected chi connectivity index (χ2v) is 13.3. The summed E-state index contributed by atoms with van der Waals surface area (Å²) in [4.78, 5) is 6.80. The number of hydrogen-bond donors (Lipinski definition) is 0. The summed E-state index contributed by atoms with van der Waals surface area (Å²) in [6.45, 7) is 0. The zero-order chi connectivity index (χ0) is 31.9. The first kappa shape index (κ1) is 28.4. The molecule has 1 aliphatic heterocycles. The second-order valence-electron chi connectivity index (χ2n) is 12.3. The van der Waals surface area contributed by atoms with Crippen molar-refractivity contribution < 1.29 is 0 Å². The van der Waals surface area contributed by atoms with Gasteiger partial charge in [0.25, 0.3) is 0 Å². The minimum atomic E-state index is 0.898. The molecule has 0 unspecified atom stereocenters. The fourth-order valence-corrected chi connectivity index (χ4v) is 8.27. The molecule has 0 spiro atoms. The summed E-state index contributed by atoms with van der Waals surface area (Å²) in [7, 11) is 0. The van der Waals surface area contributed by atoms with E-state index < -0.39 is 0 Å². The zero-order valence-corrected chi connectivity index (χ0v) is 27.1. The van der Waals surface area contributed by atoms with Crippen LogP contribution in [0.5, 0.6) is 0 Å². The zero-order valence-electron chi connectivity index (χ0n) is 26.3. The van der Waals surface area contributed by atoms with Gasteiger partial charge in [-0.2, -0.15) is 0 Å². The van der Waals surface area contributed by atoms with Crippen molar-refractivity contribution >= 4 is 44.5 Å². The lowest BCUT2D eigenvalue weighted by molar-refractivity contribution is 1.29. The maximum atomic E-state index is 5.45. The Balaban J connectivity index is 1.19. The molecular formula is C46H31NS. The van der Waals surface area contributed by atoms with Crippen molar-refractivity contribution in [1.29, 1.82) is 0 Å². The number of benzene rings is 6. The van der Waals surface area contributed by atoms with Crippen LogP contribution in [-0.2, 0) is 6.42 Å². The molecule has 6 aromatic carbocycles. The Labute approximate surface area is 284 Å². The maximum Gasteiger partial charge on any atom is 0.0787 e. The van der Waals surface area contributed by atoms with Gasteiger partial charge < -0.3 is 0 Å². The molecule has 2 heteroatoms. The molecule has 7 aromatic rings. The third-order valence-corrected chi connectivity index (χ3v) is 10.6. The molecule has 9 rings (SSSR count). The van der Waals surface area contributed by atoms with E-state index in [1.165, 1.54) is 53.9 Å². The van der Waals surface area contributed by atoms with Crippen molar-refractivity contribution in [2.45, 2.75) is 6.42 Å². The Morgan fingerprint density at radius 1 is 0.562 bits per heavy atom. The molecule has 1 aliphatic carbocycles. The number of allylic oxidation sites excluding steroid dienone is 3. The van der Waals surface area contributed by atoms with E-state index in [0.29, 0.717) is 0 Å². The number of rotatable bonds is 4. The van der Waals surface area contributed by atoms with Gasteiger partial charge in [0.05, 0.1) is 11.4 Å². The van der Waals surface area contributed by atoms with Crippen molar-refractivity contribution in [1.82, 2.24) is 0 Å². The smallest absolute Gasteiger partial charge is 0.0787 e. The number of fused-ring (bicyclic) bond motifs is 6. The number of thiophene rings is 1. The van der Waals surface area contributed by atoms with Gasteiger partial charge in [0, 0.05) is 36.9 Å². The van der Waals surface area contributed by atoms with Crippen molar-refractivity contribution in [3.05, 3.63) is 208 Å². The lowest BCUT2D eigenvalue weighted by atomic mass is 9.92. The molecule has 0 N–H and O–H groups in total. The van der Waals surface area contributed by atoms with E-state index in [0.717, 1.165) is 39.4 Å². The summed E-state index contributed by atoms with van der Waals surface area (Å²) < 4.78 is 1.32. The van der Waals surface area contributed by atoms with Crippen molar-refractivity contribution in [3.63, 3.8) is 0 Å². The lowest BCUT2D eigenvalue weighted by Crippen LogP contribution is -2.27. The van der Waals surface area contributed by atoms with E-state index in [1.54, 1.807) is 0 Å². The van der Waals surface area contributed by atoms with Crippen LogP contribution in [0.3, 0.4) is 0 Å². The third kappa shape index (κ3) is 5.08. The summed E-state index contributed by atoms with van der Waals surface area (Å²) in [6, 6.07) is 54.5. The highest BCUT2D eigenvalue weighted by molar-refractivity contribution is 7.22. The average Bonchev–Trinajstić information content (AvgIpc) is 3.44. The highest BCUT2D eigenvalue weighted by Gasteiger charge is 2.23. The highest BCUT2D eigenvalue weighted by atomic mass is 32.1. The molecule has 2 aliphatic rings. The van der Waals surface area contributed by atoms with Crippen LogP contribution in [0.15, 0.2) is 175 Å². The van der Waals surface area contributed by atoms with E-state index in [9.17, 15) is 0 Å². The molecule has 2 heterocycles. The van der Waals surface area contributed by atoms with Gasteiger partial charge in [-0.1, -0.05) is 158 Å². The largest absolute Gasteiger partial charge is 0.247 e. The molecule has 0 fully saturated rings. The van der Waals surface area contributed by atoms with Gasteiger partial charge in [-0.3, -0.25) is 0 Å². The monoisotopic (exact) mass is 629 g/mol. The Hall–Kier alpha value is -5.83. The molecule has 0 saturated carbocycles. The van der Waals surface area contributed by atoms with Gasteiger partial charge in [0.15, 0.2) is 0 Å². The summed E-state index contributed by atoms with van der Waals surface area (Å²) >= 11 is 1.90. The molecule has 0 radical (unpaired) electrons. The minimum Gasteiger partial charge on any atom is -0.247 e. The standard InChI is InChI=1S/C46H31NS/c1-2-12-31(13-3-1)32-24-26-35(27-25-32)45-39-19-6-4-14-33(39)16-11-22-42(47-45)37-18-10-17-36(30-37)38-29-28-34-15-5-7-20-40(34)46-44(38)41-21-8-9-23-43(41)48-46/h1-27,29-30H,28H2/b16-11?,22-11+,33-16+,42-22?,45-39-,47-42+,47-45?. The second kappa shape index (κ2) is 12.1. The fraction of sp³-hybridized carbons (Fsp3) is 0.0217. The first-order valence-electron chi connectivity index (χ1n) is 16.4. The average molecular weight is 630 g/mol. The van der Waals surface area contributed by atoms with Gasteiger partial charge in [0.1, 0.15) is 0 Å². The first-order valence-corrected chi connectivity index (χ1v) is 17.3. The van der Waals surface area contributed by atoms with Crippen LogP contribution < -0.4 is 10.4 Å². The van der Waals surface area contributed by atoms with E-state index in [4.69, 9.17) is 4.99 Å². The quantitative estimate of drug-likeness (QED) is 0.184. The van der Waals surface area contributed by atoms with Crippen LogP contribution in [-0.4, -0.2) is 5.71 Å². The van der Waals surface area contributed by atoms with Gasteiger partial charge in [-0.05, 0) is 63.2 Å². The molecule has 1 aromatic heterocycles. The summed E-state index contributed by atoms with van der Waals surface area (Å²) in [6.07, 6.45) is 9.80. The van der Waals surface area contributed by atoms with Crippen molar-refractivity contribution in [3.8, 4) is 21.6 Å². The predicted octanol–water partition coefficient (Wildman–Crippen LogP) is 10.2. The molecule has 0 saturated heterocycles. The SMILES string of the molecule is C1=C(c2cccc(C3=N/C(c4ccc(-c5ccccc5)cc4)=c4/cccc/c4=C\C=C\3)c2)c2c(sc3ccccc23)-c2ccccc2C1.